The van der Waals surface area contributed by atoms with Gasteiger partial charge in [0.25, 0.3) is 0 Å². The van der Waals surface area contributed by atoms with Gasteiger partial charge >= 0.3 is 5.97 Å². The van der Waals surface area contributed by atoms with E-state index < -0.39 is 10.3 Å². The summed E-state index contributed by atoms with van der Waals surface area (Å²) in [4.78, 5) is 11.1. The Hall–Kier alpha value is 0.0500. The van der Waals surface area contributed by atoms with Crippen molar-refractivity contribution in [2.75, 3.05) is 7.11 Å². The molecular formula is C8H14Cl2O2. The smallest absolute Gasteiger partial charge is 0.311 e. The van der Waals surface area contributed by atoms with Crippen molar-refractivity contribution in [2.45, 2.75) is 25.1 Å². The fourth-order valence-electron chi connectivity index (χ4n) is 0.834. The van der Waals surface area contributed by atoms with Gasteiger partial charge in [-0.3, -0.25) is 4.79 Å². The van der Waals surface area contributed by atoms with Gasteiger partial charge in [-0.25, -0.2) is 0 Å². The number of carbonyl (C=O) groups is 1. The van der Waals surface area contributed by atoms with Crippen LogP contribution in [0.4, 0.5) is 0 Å². The molecule has 1 atom stereocenters. The first-order valence-corrected chi connectivity index (χ1v) is 4.55. The van der Waals surface area contributed by atoms with Crippen LogP contribution in [0.25, 0.3) is 0 Å². The van der Waals surface area contributed by atoms with Crippen LogP contribution >= 0.6 is 23.2 Å². The number of hydrogen-bond donors (Lipinski definition) is 0. The molecule has 0 aliphatic carbocycles. The Kier molecular flexibility index (Phi) is 4.35. The van der Waals surface area contributed by atoms with E-state index in [0.29, 0.717) is 0 Å². The van der Waals surface area contributed by atoms with Crippen LogP contribution in [-0.2, 0) is 9.53 Å². The third-order valence-electron chi connectivity index (χ3n) is 1.90. The lowest BCUT2D eigenvalue weighted by Gasteiger charge is -2.28. The second kappa shape index (κ2) is 4.33. The van der Waals surface area contributed by atoms with Crippen LogP contribution in [0.1, 0.15) is 20.8 Å². The molecule has 0 N–H and O–H groups in total. The lowest BCUT2D eigenvalue weighted by atomic mass is 9.97. The van der Waals surface area contributed by atoms with Gasteiger partial charge in [-0.05, 0) is 12.8 Å². The second-order valence-electron chi connectivity index (χ2n) is 3.07. The van der Waals surface area contributed by atoms with Crippen LogP contribution in [0.5, 0.6) is 0 Å². The van der Waals surface area contributed by atoms with Crippen LogP contribution in [0, 0.1) is 11.8 Å². The molecule has 0 aliphatic heterocycles. The van der Waals surface area contributed by atoms with E-state index in [1.807, 2.05) is 13.8 Å². The molecule has 72 valence electrons. The summed E-state index contributed by atoms with van der Waals surface area (Å²) in [7, 11) is 1.32. The van der Waals surface area contributed by atoms with Gasteiger partial charge in [0.2, 0.25) is 0 Å². The summed E-state index contributed by atoms with van der Waals surface area (Å²) in [6.45, 7) is 5.38. The number of halogens is 2. The zero-order valence-corrected chi connectivity index (χ0v) is 9.24. The molecule has 0 aromatic heterocycles. The Labute approximate surface area is 83.2 Å². The van der Waals surface area contributed by atoms with E-state index in [-0.39, 0.29) is 11.9 Å². The number of ether oxygens (including phenoxy) is 1. The fourth-order valence-corrected chi connectivity index (χ4v) is 1.01. The van der Waals surface area contributed by atoms with E-state index in [9.17, 15) is 4.79 Å². The Bertz CT molecular complexity index is 166. The first kappa shape index (κ1) is 12.0. The van der Waals surface area contributed by atoms with Gasteiger partial charge in [0.05, 0.1) is 13.0 Å². The van der Waals surface area contributed by atoms with Gasteiger partial charge < -0.3 is 4.74 Å². The van der Waals surface area contributed by atoms with Crippen molar-refractivity contribution in [3.8, 4) is 0 Å². The first-order valence-electron chi connectivity index (χ1n) is 3.79. The van der Waals surface area contributed by atoms with Crippen molar-refractivity contribution in [3.05, 3.63) is 0 Å². The summed E-state index contributed by atoms with van der Waals surface area (Å²) < 4.78 is 3.49. The molecule has 0 bridgehead atoms. The molecule has 1 unspecified atom stereocenters. The van der Waals surface area contributed by atoms with E-state index in [1.54, 1.807) is 6.92 Å². The largest absolute Gasteiger partial charge is 0.469 e. The van der Waals surface area contributed by atoms with Crippen LogP contribution in [0.15, 0.2) is 0 Å². The normalized spacial score (nSPS) is 14.6. The molecule has 0 aromatic carbocycles. The summed E-state index contributed by atoms with van der Waals surface area (Å²) >= 11 is 11.9. The first-order chi connectivity index (χ1) is 5.34. The molecule has 0 saturated heterocycles. The summed E-state index contributed by atoms with van der Waals surface area (Å²) in [5, 5.41) is 0. The van der Waals surface area contributed by atoms with E-state index >= 15 is 0 Å². The highest BCUT2D eigenvalue weighted by Crippen LogP contribution is 2.38. The molecule has 12 heavy (non-hydrogen) atoms. The highest BCUT2D eigenvalue weighted by molar-refractivity contribution is 6.49. The van der Waals surface area contributed by atoms with E-state index in [0.717, 1.165) is 0 Å². The summed E-state index contributed by atoms with van der Waals surface area (Å²) in [5.74, 6) is -0.880. The Balaban J connectivity index is 4.45. The molecule has 0 saturated carbocycles. The van der Waals surface area contributed by atoms with Gasteiger partial charge in [-0.15, -0.1) is 23.2 Å². The Morgan fingerprint density at radius 1 is 1.33 bits per heavy atom. The molecule has 0 radical (unpaired) electrons. The Morgan fingerprint density at radius 3 is 2.00 bits per heavy atom. The maximum atomic E-state index is 11.1. The minimum absolute atomic E-state index is 0.00920. The highest BCUT2D eigenvalue weighted by atomic mass is 35.5. The number of hydrogen-bond acceptors (Lipinski definition) is 2. The minimum atomic E-state index is -1.05. The van der Waals surface area contributed by atoms with Crippen LogP contribution in [0.2, 0.25) is 0 Å². The molecule has 0 aromatic rings. The van der Waals surface area contributed by atoms with Gasteiger partial charge in [0.15, 0.2) is 0 Å². The average molecular weight is 213 g/mol. The monoisotopic (exact) mass is 212 g/mol. The predicted molar refractivity (Wildman–Crippen MR) is 50.5 cm³/mol. The van der Waals surface area contributed by atoms with Crippen molar-refractivity contribution in [1.82, 2.24) is 0 Å². The summed E-state index contributed by atoms with van der Waals surface area (Å²) in [6, 6.07) is 0. The van der Waals surface area contributed by atoms with Crippen LogP contribution < -0.4 is 0 Å². The van der Waals surface area contributed by atoms with Crippen molar-refractivity contribution in [3.63, 3.8) is 0 Å². The van der Waals surface area contributed by atoms with E-state index in [4.69, 9.17) is 23.2 Å². The lowest BCUT2D eigenvalue weighted by molar-refractivity contribution is -0.145. The van der Waals surface area contributed by atoms with Gasteiger partial charge in [0.1, 0.15) is 4.33 Å². The molecule has 0 heterocycles. The molecule has 0 fully saturated rings. The molecule has 0 spiro atoms. The quantitative estimate of drug-likeness (QED) is 0.532. The fraction of sp³-hybridized carbons (Fsp3) is 0.875. The second-order valence-corrected chi connectivity index (χ2v) is 4.52. The lowest BCUT2D eigenvalue weighted by Crippen LogP contribution is -2.35. The van der Waals surface area contributed by atoms with Gasteiger partial charge in [-0.2, -0.15) is 0 Å². The standard InChI is InChI=1S/C8H14Cl2O2/c1-5(2)8(9,10)6(3)7(11)12-4/h5-6H,1-4H3. The molecule has 0 aliphatic rings. The molecule has 2 nitrogen and oxygen atoms in total. The van der Waals surface area contributed by atoms with Crippen molar-refractivity contribution in [2.24, 2.45) is 11.8 Å². The molecule has 0 rings (SSSR count). The maximum Gasteiger partial charge on any atom is 0.311 e. The molecule has 4 heteroatoms. The van der Waals surface area contributed by atoms with Crippen LogP contribution in [-0.4, -0.2) is 17.4 Å². The Morgan fingerprint density at radius 2 is 1.75 bits per heavy atom. The highest BCUT2D eigenvalue weighted by Gasteiger charge is 2.39. The average Bonchev–Trinajstić information content (AvgIpc) is 2.01. The number of methoxy groups -OCH3 is 1. The number of alkyl halides is 2. The van der Waals surface area contributed by atoms with Crippen molar-refractivity contribution in [1.29, 1.82) is 0 Å². The SMILES string of the molecule is COC(=O)C(C)C(Cl)(Cl)C(C)C. The van der Waals surface area contributed by atoms with Gasteiger partial charge in [-0.1, -0.05) is 13.8 Å². The van der Waals surface area contributed by atoms with E-state index in [2.05, 4.69) is 4.74 Å². The number of esters is 1. The zero-order chi connectivity index (χ0) is 9.94. The van der Waals surface area contributed by atoms with E-state index in [1.165, 1.54) is 7.11 Å². The van der Waals surface area contributed by atoms with Crippen molar-refractivity contribution >= 4 is 29.2 Å². The number of carbonyl (C=O) groups excluding carboxylic acids is 1. The summed E-state index contributed by atoms with van der Waals surface area (Å²) in [6.07, 6.45) is 0. The minimum Gasteiger partial charge on any atom is -0.469 e. The summed E-state index contributed by atoms with van der Waals surface area (Å²) in [5.41, 5.74) is 0. The zero-order valence-electron chi connectivity index (χ0n) is 7.73. The van der Waals surface area contributed by atoms with Crippen LogP contribution in [0.3, 0.4) is 0 Å². The third kappa shape index (κ3) is 2.53. The maximum absolute atomic E-state index is 11.1. The molecule has 0 amide bonds. The van der Waals surface area contributed by atoms with Gasteiger partial charge in [0, 0.05) is 0 Å². The topological polar surface area (TPSA) is 26.3 Å². The predicted octanol–water partition coefficient (Wildman–Crippen LogP) is 2.63. The number of rotatable bonds is 3. The third-order valence-corrected chi connectivity index (χ3v) is 3.43. The molecular weight excluding hydrogens is 199 g/mol. The van der Waals surface area contributed by atoms with Crippen molar-refractivity contribution < 1.29 is 9.53 Å².